The number of nitrogens with two attached hydrogens (primary N) is 1. The number of hydrogen-bond acceptors (Lipinski definition) is 7. The molecule has 0 unspecified atom stereocenters. The maximum Gasteiger partial charge on any atom is 0.434 e. The Hall–Kier alpha value is -2.90. The number of alkyl halides is 4. The lowest BCUT2D eigenvalue weighted by Gasteiger charge is -2.17. The molecule has 2 aromatic rings. The number of halogens is 4. The second-order valence-electron chi connectivity index (χ2n) is 6.56. The Morgan fingerprint density at radius 3 is 2.53 bits per heavy atom. The van der Waals surface area contributed by atoms with E-state index in [0.717, 1.165) is 18.3 Å². The van der Waals surface area contributed by atoms with E-state index in [1.807, 2.05) is 0 Å². The van der Waals surface area contributed by atoms with Gasteiger partial charge in [0.25, 0.3) is 5.91 Å². The minimum atomic E-state index is -4.93. The molecule has 0 radical (unpaired) electrons. The Labute approximate surface area is 165 Å². The third-order valence-electron chi connectivity index (χ3n) is 4.60. The number of carbonyl (C=O) groups is 1. The zero-order valence-electron chi connectivity index (χ0n) is 15.3. The smallest absolute Gasteiger partial charge is 0.394 e. The van der Waals surface area contributed by atoms with Crippen LogP contribution in [0.2, 0.25) is 0 Å². The minimum Gasteiger partial charge on any atom is -0.394 e. The third kappa shape index (κ3) is 3.78. The van der Waals surface area contributed by atoms with Crippen LogP contribution < -0.4 is 11.4 Å². The van der Waals surface area contributed by atoms with E-state index in [2.05, 4.69) is 9.97 Å². The largest absolute Gasteiger partial charge is 0.434 e. The number of aromatic nitrogens is 3. The van der Waals surface area contributed by atoms with Crippen LogP contribution in [0.15, 0.2) is 23.1 Å². The van der Waals surface area contributed by atoms with Crippen LogP contribution in [0.25, 0.3) is 11.3 Å². The van der Waals surface area contributed by atoms with Gasteiger partial charge in [-0.1, -0.05) is 0 Å². The van der Waals surface area contributed by atoms with E-state index < -0.39 is 65.9 Å². The molecule has 1 amide bonds. The molecule has 0 saturated carbocycles. The number of ether oxygens (including phenoxy) is 1. The van der Waals surface area contributed by atoms with E-state index in [-0.39, 0.29) is 11.3 Å². The van der Waals surface area contributed by atoms with Crippen molar-refractivity contribution in [2.75, 3.05) is 6.61 Å². The number of aliphatic hydroxyl groups is 2. The minimum absolute atomic E-state index is 0.254. The van der Waals surface area contributed by atoms with Gasteiger partial charge in [-0.15, -0.1) is 0 Å². The average molecular weight is 432 g/mol. The molecule has 1 saturated heterocycles. The van der Waals surface area contributed by atoms with Gasteiger partial charge in [0, 0.05) is 11.8 Å². The third-order valence-corrected chi connectivity index (χ3v) is 4.60. The topological polar surface area (TPSA) is 141 Å². The van der Waals surface area contributed by atoms with Gasteiger partial charge in [0.15, 0.2) is 18.1 Å². The molecule has 1 aliphatic rings. The van der Waals surface area contributed by atoms with Crippen LogP contribution in [0, 0.1) is 6.92 Å². The molecule has 0 aliphatic carbocycles. The first-order chi connectivity index (χ1) is 14.0. The SMILES string of the molecule is Cc1nc(C(F)(F)F)c(-c2ccn([C@H]3O[C@H](CO)[C@@H](O)[C@H]3F)c(=O)n2)cc1C(N)=O. The summed E-state index contributed by atoms with van der Waals surface area (Å²) in [6.07, 6.45) is -10.7. The first kappa shape index (κ1) is 21.8. The Bertz CT molecular complexity index is 1040. The molecule has 1 fully saturated rings. The summed E-state index contributed by atoms with van der Waals surface area (Å²) in [6.45, 7) is 0.463. The molecule has 3 rings (SSSR count). The van der Waals surface area contributed by atoms with Crippen LogP contribution in [-0.2, 0) is 10.9 Å². The number of nitrogens with zero attached hydrogens (tertiary/aromatic N) is 3. The van der Waals surface area contributed by atoms with Gasteiger partial charge in [0.05, 0.1) is 23.6 Å². The summed E-state index contributed by atoms with van der Waals surface area (Å²) in [6, 6.07) is 1.80. The average Bonchev–Trinajstić information content (AvgIpc) is 2.95. The highest BCUT2D eigenvalue weighted by atomic mass is 19.4. The number of pyridine rings is 1. The molecule has 9 nitrogen and oxygen atoms in total. The van der Waals surface area contributed by atoms with E-state index in [1.54, 1.807) is 0 Å². The van der Waals surface area contributed by atoms with Crippen LogP contribution in [-0.4, -0.2) is 55.6 Å². The summed E-state index contributed by atoms with van der Waals surface area (Å²) in [5.41, 5.74) is 0.911. The Morgan fingerprint density at radius 1 is 1.37 bits per heavy atom. The maximum absolute atomic E-state index is 14.2. The van der Waals surface area contributed by atoms with Crippen molar-refractivity contribution in [3.63, 3.8) is 0 Å². The lowest BCUT2D eigenvalue weighted by molar-refractivity contribution is -0.140. The maximum atomic E-state index is 14.2. The van der Waals surface area contributed by atoms with Crippen LogP contribution >= 0.6 is 0 Å². The molecule has 1 aliphatic heterocycles. The molecule has 30 heavy (non-hydrogen) atoms. The van der Waals surface area contributed by atoms with E-state index >= 15 is 0 Å². The predicted octanol–water partition coefficient (Wildman–Crippen LogP) is 0.320. The molecular weight excluding hydrogens is 416 g/mol. The Morgan fingerprint density at radius 2 is 2.03 bits per heavy atom. The van der Waals surface area contributed by atoms with Crippen molar-refractivity contribution < 1.29 is 37.3 Å². The fraction of sp³-hybridized carbons (Fsp3) is 0.412. The van der Waals surface area contributed by atoms with Crippen molar-refractivity contribution >= 4 is 5.91 Å². The number of primary amides is 1. The lowest BCUT2D eigenvalue weighted by atomic mass is 10.0. The molecular formula is C17H16F4N4O5. The van der Waals surface area contributed by atoms with Gasteiger partial charge < -0.3 is 20.7 Å². The molecule has 2 aromatic heterocycles. The van der Waals surface area contributed by atoms with Crippen molar-refractivity contribution in [2.24, 2.45) is 5.73 Å². The first-order valence-electron chi connectivity index (χ1n) is 8.52. The molecule has 4 atom stereocenters. The summed E-state index contributed by atoms with van der Waals surface area (Å²) >= 11 is 0. The number of amides is 1. The van der Waals surface area contributed by atoms with Crippen molar-refractivity contribution in [1.82, 2.24) is 14.5 Å². The zero-order valence-corrected chi connectivity index (χ0v) is 15.3. The van der Waals surface area contributed by atoms with E-state index in [1.165, 1.54) is 6.92 Å². The van der Waals surface area contributed by atoms with Gasteiger partial charge in [-0.3, -0.25) is 9.36 Å². The molecule has 0 spiro atoms. The number of aliphatic hydroxyl groups excluding tert-OH is 2. The van der Waals surface area contributed by atoms with Crippen molar-refractivity contribution in [3.05, 3.63) is 45.8 Å². The summed E-state index contributed by atoms with van der Waals surface area (Å²) in [4.78, 5) is 30.8. The quantitative estimate of drug-likeness (QED) is 0.591. The van der Waals surface area contributed by atoms with Gasteiger partial charge in [0.1, 0.15) is 12.2 Å². The Kier molecular flexibility index (Phi) is 5.62. The molecule has 162 valence electrons. The second-order valence-corrected chi connectivity index (χ2v) is 6.56. The van der Waals surface area contributed by atoms with Crippen LogP contribution in [0.4, 0.5) is 17.6 Å². The number of aryl methyl sites for hydroxylation is 1. The zero-order chi connectivity index (χ0) is 22.4. The summed E-state index contributed by atoms with van der Waals surface area (Å²) < 4.78 is 60.3. The molecule has 4 N–H and O–H groups in total. The van der Waals surface area contributed by atoms with Crippen molar-refractivity contribution in [1.29, 1.82) is 0 Å². The normalized spacial score (nSPS) is 24.2. The van der Waals surface area contributed by atoms with Gasteiger partial charge in [-0.2, -0.15) is 18.2 Å². The fourth-order valence-electron chi connectivity index (χ4n) is 3.10. The summed E-state index contributed by atoms with van der Waals surface area (Å²) in [7, 11) is 0. The summed E-state index contributed by atoms with van der Waals surface area (Å²) in [5, 5.41) is 18.7. The van der Waals surface area contributed by atoms with Gasteiger partial charge in [-0.05, 0) is 19.1 Å². The molecule has 3 heterocycles. The van der Waals surface area contributed by atoms with E-state index in [9.17, 15) is 32.3 Å². The second kappa shape index (κ2) is 7.74. The lowest BCUT2D eigenvalue weighted by Crippen LogP contribution is -2.33. The van der Waals surface area contributed by atoms with Crippen LogP contribution in [0.3, 0.4) is 0 Å². The molecule has 0 aromatic carbocycles. The van der Waals surface area contributed by atoms with Crippen molar-refractivity contribution in [3.8, 4) is 11.3 Å². The fourth-order valence-corrected chi connectivity index (χ4v) is 3.10. The highest BCUT2D eigenvalue weighted by Crippen LogP contribution is 2.36. The Balaban J connectivity index is 2.10. The van der Waals surface area contributed by atoms with Crippen molar-refractivity contribution in [2.45, 2.75) is 37.7 Å². The van der Waals surface area contributed by atoms with E-state index in [4.69, 9.17) is 15.6 Å². The predicted molar refractivity (Wildman–Crippen MR) is 91.9 cm³/mol. The standard InChI is InChI=1S/C17H16F4N4O5/c1-6-7(14(22)28)4-8(13(23-6)17(19,20)21)9-2-3-25(16(29)24-9)15-11(18)12(27)10(5-26)30-15/h2-4,10-12,15,26-27H,5H2,1H3,(H2,22,28)/t10-,11-,12-,15+/m1/s1. The van der Waals surface area contributed by atoms with Gasteiger partial charge >= 0.3 is 11.9 Å². The molecule has 13 heteroatoms. The monoisotopic (exact) mass is 432 g/mol. The van der Waals surface area contributed by atoms with Gasteiger partial charge in [-0.25, -0.2) is 14.2 Å². The number of hydrogen-bond donors (Lipinski definition) is 3. The van der Waals surface area contributed by atoms with Crippen LogP contribution in [0.1, 0.15) is 28.0 Å². The highest BCUT2D eigenvalue weighted by molar-refractivity contribution is 5.95. The number of carbonyl (C=O) groups excluding carboxylic acids is 1. The van der Waals surface area contributed by atoms with Crippen LogP contribution in [0.5, 0.6) is 0 Å². The van der Waals surface area contributed by atoms with Gasteiger partial charge in [0.2, 0.25) is 0 Å². The van der Waals surface area contributed by atoms with E-state index in [0.29, 0.717) is 4.57 Å². The number of rotatable bonds is 4. The summed E-state index contributed by atoms with van der Waals surface area (Å²) in [5.74, 6) is -1.02. The highest BCUT2D eigenvalue weighted by Gasteiger charge is 2.45. The first-order valence-corrected chi connectivity index (χ1v) is 8.52. The molecule has 0 bridgehead atoms.